The van der Waals surface area contributed by atoms with E-state index >= 15 is 0 Å². The molecule has 120 valence electrons. The van der Waals surface area contributed by atoms with Crippen LogP contribution in [0.15, 0.2) is 71.5 Å². The summed E-state index contributed by atoms with van der Waals surface area (Å²) in [6, 6.07) is 18.4. The lowest BCUT2D eigenvalue weighted by Crippen LogP contribution is -2.19. The zero-order valence-corrected chi connectivity index (χ0v) is 13.1. The highest BCUT2D eigenvalue weighted by atomic mass is 16.5. The number of ketones is 1. The van der Waals surface area contributed by atoms with Crippen LogP contribution in [-0.2, 0) is 0 Å². The van der Waals surface area contributed by atoms with Gasteiger partial charge in [0, 0.05) is 0 Å². The number of allylic oxidation sites excluding steroid dienone is 1. The summed E-state index contributed by atoms with van der Waals surface area (Å²) in [5, 5.41) is 2.82. The second-order valence-corrected chi connectivity index (χ2v) is 5.10. The van der Waals surface area contributed by atoms with Gasteiger partial charge in [0.2, 0.25) is 5.88 Å². The summed E-state index contributed by atoms with van der Waals surface area (Å²) in [7, 11) is 1.41. The standard InChI is InChI=1S/C19H16N2O3/c1-24-18-17(16(22)13-12-14-8-4-2-5-9-14)19(23)21(20-18)15-10-6-3-7-11-15/h2-13,20H,1H3/b13-12+. The summed E-state index contributed by atoms with van der Waals surface area (Å²) in [4.78, 5) is 25.1. The number of hydrogen-bond acceptors (Lipinski definition) is 3. The molecule has 0 aliphatic rings. The molecule has 0 saturated heterocycles. The minimum absolute atomic E-state index is 0.0199. The van der Waals surface area contributed by atoms with E-state index in [9.17, 15) is 9.59 Å². The zero-order valence-electron chi connectivity index (χ0n) is 13.1. The minimum Gasteiger partial charge on any atom is -0.481 e. The van der Waals surface area contributed by atoms with Gasteiger partial charge in [-0.1, -0.05) is 54.6 Å². The molecule has 0 aliphatic heterocycles. The van der Waals surface area contributed by atoms with Gasteiger partial charge in [0.15, 0.2) is 11.3 Å². The van der Waals surface area contributed by atoms with Crippen molar-refractivity contribution in [1.82, 2.24) is 9.78 Å². The number of ether oxygens (including phenoxy) is 1. The average Bonchev–Trinajstić information content (AvgIpc) is 2.98. The van der Waals surface area contributed by atoms with Crippen LogP contribution in [0.1, 0.15) is 15.9 Å². The molecule has 0 fully saturated rings. The third kappa shape index (κ3) is 3.05. The van der Waals surface area contributed by atoms with E-state index in [0.29, 0.717) is 5.69 Å². The fourth-order valence-electron chi connectivity index (χ4n) is 2.36. The van der Waals surface area contributed by atoms with Crippen molar-refractivity contribution >= 4 is 11.9 Å². The topological polar surface area (TPSA) is 64.1 Å². The Labute approximate surface area is 138 Å². The van der Waals surface area contributed by atoms with Gasteiger partial charge < -0.3 is 4.74 Å². The molecule has 1 aromatic heterocycles. The maximum atomic E-state index is 12.6. The Morgan fingerprint density at radius 3 is 2.29 bits per heavy atom. The first-order valence-electron chi connectivity index (χ1n) is 7.42. The van der Waals surface area contributed by atoms with E-state index in [0.717, 1.165) is 5.56 Å². The maximum Gasteiger partial charge on any atom is 0.286 e. The maximum absolute atomic E-state index is 12.6. The van der Waals surface area contributed by atoms with E-state index in [1.807, 2.05) is 48.5 Å². The molecule has 5 heteroatoms. The Morgan fingerprint density at radius 1 is 1.04 bits per heavy atom. The van der Waals surface area contributed by atoms with Gasteiger partial charge >= 0.3 is 0 Å². The van der Waals surface area contributed by atoms with Gasteiger partial charge in [-0.25, -0.2) is 4.68 Å². The van der Waals surface area contributed by atoms with E-state index in [-0.39, 0.29) is 11.4 Å². The molecule has 0 amide bonds. The Hall–Kier alpha value is -3.34. The second-order valence-electron chi connectivity index (χ2n) is 5.10. The molecule has 0 spiro atoms. The lowest BCUT2D eigenvalue weighted by molar-refractivity contribution is 0.104. The first-order valence-corrected chi connectivity index (χ1v) is 7.42. The molecule has 0 atom stereocenters. The Kier molecular flexibility index (Phi) is 4.43. The van der Waals surface area contributed by atoms with E-state index in [2.05, 4.69) is 5.10 Å². The summed E-state index contributed by atoms with van der Waals surface area (Å²) in [6.07, 6.45) is 3.04. The molecule has 1 N–H and O–H groups in total. The van der Waals surface area contributed by atoms with Gasteiger partial charge in [0.1, 0.15) is 0 Å². The molecule has 0 saturated carbocycles. The molecule has 3 aromatic rings. The van der Waals surface area contributed by atoms with Crippen molar-refractivity contribution in [3.8, 4) is 11.6 Å². The summed E-state index contributed by atoms with van der Waals surface area (Å²) in [6.45, 7) is 0. The predicted octanol–water partition coefficient (Wildman–Crippen LogP) is 3.07. The number of carbonyl (C=O) groups is 1. The average molecular weight is 320 g/mol. The number of rotatable bonds is 5. The van der Waals surface area contributed by atoms with E-state index in [4.69, 9.17) is 4.74 Å². The van der Waals surface area contributed by atoms with Crippen LogP contribution in [-0.4, -0.2) is 22.7 Å². The number of para-hydroxylation sites is 1. The molecule has 5 nitrogen and oxygen atoms in total. The van der Waals surface area contributed by atoms with Crippen molar-refractivity contribution in [2.24, 2.45) is 0 Å². The number of nitrogens with one attached hydrogen (secondary N) is 1. The molecule has 24 heavy (non-hydrogen) atoms. The fraction of sp³-hybridized carbons (Fsp3) is 0.0526. The quantitative estimate of drug-likeness (QED) is 0.580. The zero-order chi connectivity index (χ0) is 16.9. The highest BCUT2D eigenvalue weighted by Crippen LogP contribution is 2.15. The summed E-state index contributed by atoms with van der Waals surface area (Å²) in [5.74, 6) is -0.266. The Morgan fingerprint density at radius 2 is 1.67 bits per heavy atom. The Balaban J connectivity index is 1.99. The predicted molar refractivity (Wildman–Crippen MR) is 92.7 cm³/mol. The van der Waals surface area contributed by atoms with Gasteiger partial charge in [0.25, 0.3) is 5.56 Å². The lowest BCUT2D eigenvalue weighted by atomic mass is 10.1. The summed E-state index contributed by atoms with van der Waals surface area (Å²) >= 11 is 0. The normalized spacial score (nSPS) is 10.9. The molecule has 0 unspecified atom stereocenters. The van der Waals surface area contributed by atoms with Gasteiger partial charge in [0.05, 0.1) is 12.8 Å². The lowest BCUT2D eigenvalue weighted by Gasteiger charge is -1.99. The molecular weight excluding hydrogens is 304 g/mol. The highest BCUT2D eigenvalue weighted by molar-refractivity contribution is 6.08. The molecule has 3 rings (SSSR count). The van der Waals surface area contributed by atoms with Crippen molar-refractivity contribution in [3.63, 3.8) is 0 Å². The van der Waals surface area contributed by atoms with Gasteiger partial charge in [-0.05, 0) is 23.8 Å². The molecule has 0 radical (unpaired) electrons. The number of H-pyrrole nitrogens is 1. The van der Waals surface area contributed by atoms with Gasteiger partial charge in [-0.15, -0.1) is 0 Å². The van der Waals surface area contributed by atoms with Crippen LogP contribution in [0, 0.1) is 0 Å². The molecular formula is C19H16N2O3. The summed E-state index contributed by atoms with van der Waals surface area (Å²) in [5.41, 5.74) is 1.05. The summed E-state index contributed by atoms with van der Waals surface area (Å²) < 4.78 is 6.46. The number of aromatic nitrogens is 2. The monoisotopic (exact) mass is 320 g/mol. The van der Waals surface area contributed by atoms with Crippen molar-refractivity contribution < 1.29 is 9.53 Å². The van der Waals surface area contributed by atoms with Crippen molar-refractivity contribution in [3.05, 3.63) is 88.2 Å². The van der Waals surface area contributed by atoms with E-state index in [1.54, 1.807) is 18.2 Å². The highest BCUT2D eigenvalue weighted by Gasteiger charge is 2.20. The number of benzene rings is 2. The van der Waals surface area contributed by atoms with E-state index in [1.165, 1.54) is 17.9 Å². The fourth-order valence-corrected chi connectivity index (χ4v) is 2.36. The van der Waals surface area contributed by atoms with Crippen LogP contribution in [0.5, 0.6) is 5.88 Å². The van der Waals surface area contributed by atoms with Crippen LogP contribution < -0.4 is 10.3 Å². The van der Waals surface area contributed by atoms with Crippen LogP contribution >= 0.6 is 0 Å². The Bertz CT molecular complexity index is 922. The minimum atomic E-state index is -0.444. The smallest absolute Gasteiger partial charge is 0.286 e. The molecule has 0 aliphatic carbocycles. The third-order valence-corrected chi connectivity index (χ3v) is 3.55. The van der Waals surface area contributed by atoms with Crippen LogP contribution in [0.3, 0.4) is 0 Å². The third-order valence-electron chi connectivity index (χ3n) is 3.55. The van der Waals surface area contributed by atoms with Crippen LogP contribution in [0.2, 0.25) is 0 Å². The second kappa shape index (κ2) is 6.83. The number of hydrogen-bond donors (Lipinski definition) is 1. The van der Waals surface area contributed by atoms with Crippen LogP contribution in [0.25, 0.3) is 11.8 Å². The first kappa shape index (κ1) is 15.6. The van der Waals surface area contributed by atoms with Crippen molar-refractivity contribution in [1.29, 1.82) is 0 Å². The van der Waals surface area contributed by atoms with Gasteiger partial charge in [-0.2, -0.15) is 0 Å². The van der Waals surface area contributed by atoms with Crippen LogP contribution in [0.4, 0.5) is 0 Å². The van der Waals surface area contributed by atoms with Gasteiger partial charge in [-0.3, -0.25) is 14.7 Å². The number of methoxy groups -OCH3 is 1. The largest absolute Gasteiger partial charge is 0.481 e. The SMILES string of the molecule is COc1[nH]n(-c2ccccc2)c(=O)c1C(=O)/C=C/c1ccccc1. The number of carbonyl (C=O) groups excluding carboxylic acids is 1. The molecule has 0 bridgehead atoms. The van der Waals surface area contributed by atoms with E-state index < -0.39 is 11.3 Å². The molecule has 1 heterocycles. The first-order chi connectivity index (χ1) is 11.7. The van der Waals surface area contributed by atoms with Crippen molar-refractivity contribution in [2.75, 3.05) is 7.11 Å². The van der Waals surface area contributed by atoms with Crippen molar-refractivity contribution in [2.45, 2.75) is 0 Å². The number of nitrogens with zero attached hydrogens (tertiary/aromatic N) is 1. The molecule has 2 aromatic carbocycles. The number of aromatic amines is 1.